The van der Waals surface area contributed by atoms with Crippen LogP contribution in [0.25, 0.3) is 0 Å². The molecule has 6 nitrogen and oxygen atoms in total. The van der Waals surface area contributed by atoms with Gasteiger partial charge in [-0.25, -0.2) is 14.6 Å². The zero-order chi connectivity index (χ0) is 12.8. The second-order valence-corrected chi connectivity index (χ2v) is 3.96. The SMILES string of the molecule is C=C(C)C(=O)OCCOOCC1CC1C(=O)O. The molecule has 6 heteroatoms. The fourth-order valence-corrected chi connectivity index (χ4v) is 1.22. The Hall–Kier alpha value is -1.40. The highest BCUT2D eigenvalue weighted by atomic mass is 17.2. The van der Waals surface area contributed by atoms with Crippen molar-refractivity contribution in [1.82, 2.24) is 0 Å². The third-order valence-electron chi connectivity index (χ3n) is 2.35. The number of carbonyl (C=O) groups excluding carboxylic acids is 1. The van der Waals surface area contributed by atoms with Crippen molar-refractivity contribution < 1.29 is 29.2 Å². The molecule has 1 aliphatic carbocycles. The highest BCUT2D eigenvalue weighted by molar-refractivity contribution is 5.86. The molecular formula is C11H16O6. The maximum atomic E-state index is 10.9. The first-order chi connectivity index (χ1) is 8.02. The average Bonchev–Trinajstić information content (AvgIpc) is 3.02. The van der Waals surface area contributed by atoms with Crippen LogP contribution in [0.2, 0.25) is 0 Å². The molecule has 1 saturated carbocycles. The fourth-order valence-electron chi connectivity index (χ4n) is 1.22. The van der Waals surface area contributed by atoms with Gasteiger partial charge in [-0.05, 0) is 19.3 Å². The lowest BCUT2D eigenvalue weighted by atomic mass is 10.3. The Morgan fingerprint density at radius 1 is 1.35 bits per heavy atom. The zero-order valence-electron chi connectivity index (χ0n) is 9.68. The van der Waals surface area contributed by atoms with Gasteiger partial charge in [-0.3, -0.25) is 4.79 Å². The molecule has 1 rings (SSSR count). The van der Waals surface area contributed by atoms with Crippen molar-refractivity contribution in [3.63, 3.8) is 0 Å². The van der Waals surface area contributed by atoms with Crippen LogP contribution in [0, 0.1) is 11.8 Å². The smallest absolute Gasteiger partial charge is 0.333 e. The van der Waals surface area contributed by atoms with Gasteiger partial charge in [-0.1, -0.05) is 6.58 Å². The molecule has 0 aliphatic heterocycles. The van der Waals surface area contributed by atoms with Crippen molar-refractivity contribution >= 4 is 11.9 Å². The minimum atomic E-state index is -0.797. The minimum Gasteiger partial charge on any atom is -0.481 e. The van der Waals surface area contributed by atoms with Gasteiger partial charge in [0.05, 0.1) is 12.5 Å². The first-order valence-electron chi connectivity index (χ1n) is 5.32. The molecule has 0 heterocycles. The number of aliphatic carboxylic acids is 1. The highest BCUT2D eigenvalue weighted by Crippen LogP contribution is 2.38. The molecule has 2 atom stereocenters. The van der Waals surface area contributed by atoms with Crippen LogP contribution in [0.5, 0.6) is 0 Å². The van der Waals surface area contributed by atoms with Gasteiger partial charge in [0.15, 0.2) is 0 Å². The van der Waals surface area contributed by atoms with E-state index < -0.39 is 11.9 Å². The Morgan fingerprint density at radius 2 is 2.06 bits per heavy atom. The summed E-state index contributed by atoms with van der Waals surface area (Å²) in [7, 11) is 0. The monoisotopic (exact) mass is 244 g/mol. The molecule has 0 aromatic carbocycles. The van der Waals surface area contributed by atoms with E-state index in [4.69, 9.17) is 19.6 Å². The van der Waals surface area contributed by atoms with Crippen LogP contribution in [0.4, 0.5) is 0 Å². The molecule has 0 radical (unpaired) electrons. The van der Waals surface area contributed by atoms with Crippen LogP contribution >= 0.6 is 0 Å². The van der Waals surface area contributed by atoms with Gasteiger partial charge in [0, 0.05) is 5.57 Å². The molecule has 0 amide bonds. The molecule has 17 heavy (non-hydrogen) atoms. The van der Waals surface area contributed by atoms with Crippen LogP contribution in [0.15, 0.2) is 12.2 Å². The van der Waals surface area contributed by atoms with Crippen molar-refractivity contribution in [1.29, 1.82) is 0 Å². The number of ether oxygens (including phenoxy) is 1. The molecular weight excluding hydrogens is 228 g/mol. The molecule has 0 saturated heterocycles. The van der Waals surface area contributed by atoms with Gasteiger partial charge in [0.1, 0.15) is 13.2 Å². The normalized spacial score (nSPS) is 21.9. The maximum absolute atomic E-state index is 10.9. The number of hydrogen-bond acceptors (Lipinski definition) is 5. The standard InChI is InChI=1S/C11H16O6/c1-7(2)11(14)15-3-4-16-17-6-8-5-9(8)10(12)13/h8-9H,1,3-6H2,2H3,(H,12,13). The Kier molecular flexibility index (Phi) is 5.11. The molecule has 1 N–H and O–H groups in total. The fraction of sp³-hybridized carbons (Fsp3) is 0.636. The topological polar surface area (TPSA) is 82.1 Å². The van der Waals surface area contributed by atoms with Crippen molar-refractivity contribution in [3.05, 3.63) is 12.2 Å². The number of esters is 1. The highest BCUT2D eigenvalue weighted by Gasteiger charge is 2.43. The van der Waals surface area contributed by atoms with Crippen molar-refractivity contribution in [2.75, 3.05) is 19.8 Å². The molecule has 1 fully saturated rings. The van der Waals surface area contributed by atoms with E-state index in [1.54, 1.807) is 6.92 Å². The zero-order valence-corrected chi connectivity index (χ0v) is 9.68. The van der Waals surface area contributed by atoms with Crippen LogP contribution in [0.1, 0.15) is 13.3 Å². The van der Waals surface area contributed by atoms with E-state index in [1.807, 2.05) is 0 Å². The van der Waals surface area contributed by atoms with Gasteiger partial charge in [0.25, 0.3) is 0 Å². The lowest BCUT2D eigenvalue weighted by Gasteiger charge is -2.05. The van der Waals surface area contributed by atoms with Crippen LogP contribution in [-0.4, -0.2) is 36.9 Å². The van der Waals surface area contributed by atoms with Gasteiger partial charge in [0.2, 0.25) is 0 Å². The first kappa shape index (κ1) is 13.7. The third-order valence-corrected chi connectivity index (χ3v) is 2.35. The molecule has 0 bridgehead atoms. The predicted octanol–water partition coefficient (Wildman–Crippen LogP) is 0.775. The van der Waals surface area contributed by atoms with Gasteiger partial charge in [-0.2, -0.15) is 0 Å². The Bertz CT molecular complexity index is 311. The Labute approximate surface area is 99.1 Å². The van der Waals surface area contributed by atoms with E-state index in [0.717, 1.165) is 0 Å². The lowest BCUT2D eigenvalue weighted by molar-refractivity contribution is -0.301. The van der Waals surface area contributed by atoms with Crippen molar-refractivity contribution in [2.45, 2.75) is 13.3 Å². The summed E-state index contributed by atoms with van der Waals surface area (Å²) in [6.07, 6.45) is 0.628. The Morgan fingerprint density at radius 3 is 2.59 bits per heavy atom. The summed E-state index contributed by atoms with van der Waals surface area (Å²) in [6, 6.07) is 0. The van der Waals surface area contributed by atoms with E-state index in [-0.39, 0.29) is 31.7 Å². The molecule has 0 aromatic heterocycles. The van der Waals surface area contributed by atoms with E-state index >= 15 is 0 Å². The van der Waals surface area contributed by atoms with Crippen molar-refractivity contribution in [2.24, 2.45) is 11.8 Å². The van der Waals surface area contributed by atoms with E-state index in [1.165, 1.54) is 0 Å². The number of rotatable bonds is 8. The predicted molar refractivity (Wildman–Crippen MR) is 56.9 cm³/mol. The molecule has 2 unspecified atom stereocenters. The summed E-state index contributed by atoms with van der Waals surface area (Å²) < 4.78 is 4.75. The molecule has 0 aromatic rings. The quantitative estimate of drug-likeness (QED) is 0.223. The summed E-state index contributed by atoms with van der Waals surface area (Å²) in [4.78, 5) is 31.0. The molecule has 0 spiro atoms. The van der Waals surface area contributed by atoms with Crippen LogP contribution < -0.4 is 0 Å². The van der Waals surface area contributed by atoms with Crippen LogP contribution in [-0.2, 0) is 24.1 Å². The minimum absolute atomic E-state index is 0.0328. The number of carbonyl (C=O) groups is 2. The van der Waals surface area contributed by atoms with Crippen molar-refractivity contribution in [3.8, 4) is 0 Å². The summed E-state index contributed by atoms with van der Waals surface area (Å²) in [5, 5.41) is 8.62. The summed E-state index contributed by atoms with van der Waals surface area (Å²) in [5.41, 5.74) is 0.327. The number of hydrogen-bond donors (Lipinski definition) is 1. The lowest BCUT2D eigenvalue weighted by Crippen LogP contribution is -2.12. The van der Waals surface area contributed by atoms with Crippen LogP contribution in [0.3, 0.4) is 0 Å². The summed E-state index contributed by atoms with van der Waals surface area (Å²) in [6.45, 7) is 5.43. The van der Waals surface area contributed by atoms with E-state index in [2.05, 4.69) is 6.58 Å². The van der Waals surface area contributed by atoms with E-state index in [0.29, 0.717) is 12.0 Å². The second kappa shape index (κ2) is 6.36. The third kappa shape index (κ3) is 4.97. The summed E-state index contributed by atoms with van der Waals surface area (Å²) >= 11 is 0. The molecule has 1 aliphatic rings. The van der Waals surface area contributed by atoms with E-state index in [9.17, 15) is 9.59 Å². The summed E-state index contributed by atoms with van der Waals surface area (Å²) in [5.74, 6) is -1.54. The van der Waals surface area contributed by atoms with Gasteiger partial charge >= 0.3 is 11.9 Å². The largest absolute Gasteiger partial charge is 0.481 e. The van der Waals surface area contributed by atoms with Gasteiger partial charge in [-0.15, -0.1) is 0 Å². The average molecular weight is 244 g/mol. The number of carboxylic acid groups (broad SMARTS) is 1. The first-order valence-corrected chi connectivity index (χ1v) is 5.32. The number of carboxylic acids is 1. The second-order valence-electron chi connectivity index (χ2n) is 3.96. The van der Waals surface area contributed by atoms with Gasteiger partial charge < -0.3 is 9.84 Å². The maximum Gasteiger partial charge on any atom is 0.333 e. The molecule has 96 valence electrons. The Balaban J connectivity index is 1.91.